The Bertz CT molecular complexity index is 1320. The van der Waals surface area contributed by atoms with Gasteiger partial charge in [-0.15, -0.1) is 10.2 Å². The number of aryl methyl sites for hydroxylation is 2. The SMILES string of the molecule is Cc1ccccc1CSc1nnc2n(Cc3ccccc3C)c3ccccc3n12. The molecular formula is C24H22N4S. The Kier molecular flexibility index (Phi) is 4.60. The molecule has 4 nitrogen and oxygen atoms in total. The molecule has 0 saturated carbocycles. The van der Waals surface area contributed by atoms with Gasteiger partial charge in [-0.2, -0.15) is 0 Å². The van der Waals surface area contributed by atoms with Gasteiger partial charge in [0.25, 0.3) is 0 Å². The second-order valence-corrected chi connectivity index (χ2v) is 8.28. The fourth-order valence-corrected chi connectivity index (χ4v) is 4.77. The number of fused-ring (bicyclic) bond motifs is 3. The van der Waals surface area contributed by atoms with Gasteiger partial charge in [-0.3, -0.25) is 4.40 Å². The van der Waals surface area contributed by atoms with Crippen LogP contribution in [0.15, 0.2) is 78.0 Å². The van der Waals surface area contributed by atoms with Gasteiger partial charge < -0.3 is 4.57 Å². The molecule has 144 valence electrons. The number of imidazole rings is 1. The predicted octanol–water partition coefficient (Wildman–Crippen LogP) is 5.64. The number of para-hydroxylation sites is 2. The first-order valence-corrected chi connectivity index (χ1v) is 10.7. The van der Waals surface area contributed by atoms with Crippen molar-refractivity contribution in [1.82, 2.24) is 19.2 Å². The quantitative estimate of drug-likeness (QED) is 0.359. The zero-order valence-electron chi connectivity index (χ0n) is 16.5. The lowest BCUT2D eigenvalue weighted by molar-refractivity contribution is 0.833. The number of aromatic nitrogens is 4. The van der Waals surface area contributed by atoms with Gasteiger partial charge in [-0.1, -0.05) is 72.4 Å². The summed E-state index contributed by atoms with van der Waals surface area (Å²) >= 11 is 1.74. The van der Waals surface area contributed by atoms with Crippen molar-refractivity contribution in [3.05, 3.63) is 95.1 Å². The van der Waals surface area contributed by atoms with Gasteiger partial charge in [0.05, 0.1) is 17.6 Å². The molecule has 0 bridgehead atoms. The van der Waals surface area contributed by atoms with E-state index in [4.69, 9.17) is 0 Å². The summed E-state index contributed by atoms with van der Waals surface area (Å²) in [4.78, 5) is 0. The highest BCUT2D eigenvalue weighted by atomic mass is 32.2. The lowest BCUT2D eigenvalue weighted by atomic mass is 10.1. The van der Waals surface area contributed by atoms with Crippen LogP contribution in [0, 0.1) is 13.8 Å². The Hall–Kier alpha value is -3.05. The minimum atomic E-state index is 0.782. The third-order valence-corrected chi connectivity index (χ3v) is 6.46. The van der Waals surface area contributed by atoms with E-state index >= 15 is 0 Å². The van der Waals surface area contributed by atoms with E-state index < -0.39 is 0 Å². The minimum Gasteiger partial charge on any atom is -0.304 e. The molecule has 0 saturated heterocycles. The second kappa shape index (κ2) is 7.41. The molecule has 29 heavy (non-hydrogen) atoms. The summed E-state index contributed by atoms with van der Waals surface area (Å²) in [5, 5.41) is 10.0. The normalized spacial score (nSPS) is 11.5. The summed E-state index contributed by atoms with van der Waals surface area (Å²) in [5.74, 6) is 1.77. The molecule has 0 amide bonds. The minimum absolute atomic E-state index is 0.782. The maximum Gasteiger partial charge on any atom is 0.237 e. The molecule has 0 fully saturated rings. The van der Waals surface area contributed by atoms with Crippen LogP contribution < -0.4 is 0 Å². The topological polar surface area (TPSA) is 35.1 Å². The molecule has 0 unspecified atom stereocenters. The van der Waals surface area contributed by atoms with Crippen LogP contribution in [0.25, 0.3) is 16.8 Å². The lowest BCUT2D eigenvalue weighted by Gasteiger charge is -2.07. The molecule has 0 aliphatic rings. The zero-order chi connectivity index (χ0) is 19.8. The van der Waals surface area contributed by atoms with Crippen LogP contribution in [-0.2, 0) is 12.3 Å². The van der Waals surface area contributed by atoms with Crippen LogP contribution in [0.1, 0.15) is 22.3 Å². The van der Waals surface area contributed by atoms with Gasteiger partial charge in [0.2, 0.25) is 5.78 Å². The fourth-order valence-electron chi connectivity index (χ4n) is 3.76. The van der Waals surface area contributed by atoms with Crippen LogP contribution in [0.5, 0.6) is 0 Å². The second-order valence-electron chi connectivity index (χ2n) is 7.33. The van der Waals surface area contributed by atoms with E-state index in [1.165, 1.54) is 27.8 Å². The lowest BCUT2D eigenvalue weighted by Crippen LogP contribution is -2.02. The molecule has 0 aliphatic carbocycles. The zero-order valence-corrected chi connectivity index (χ0v) is 17.4. The Balaban J connectivity index is 1.58. The molecule has 0 aliphatic heterocycles. The third kappa shape index (κ3) is 3.21. The van der Waals surface area contributed by atoms with Gasteiger partial charge in [-0.05, 0) is 48.2 Å². The molecule has 5 heteroatoms. The molecule has 0 radical (unpaired) electrons. The molecular weight excluding hydrogens is 376 g/mol. The molecule has 5 aromatic rings. The maximum atomic E-state index is 4.57. The van der Waals surface area contributed by atoms with Crippen LogP contribution in [0.4, 0.5) is 0 Å². The van der Waals surface area contributed by atoms with Crippen molar-refractivity contribution in [2.45, 2.75) is 31.3 Å². The summed E-state index contributed by atoms with van der Waals surface area (Å²) in [6, 6.07) is 25.5. The van der Waals surface area contributed by atoms with Gasteiger partial charge in [0.1, 0.15) is 0 Å². The van der Waals surface area contributed by atoms with Crippen molar-refractivity contribution < 1.29 is 0 Å². The molecule has 3 aromatic carbocycles. The number of nitrogens with zero attached hydrogens (tertiary/aromatic N) is 4. The average Bonchev–Trinajstić information content (AvgIpc) is 3.28. The Morgan fingerprint density at radius 1 is 0.724 bits per heavy atom. The highest BCUT2D eigenvalue weighted by molar-refractivity contribution is 7.98. The van der Waals surface area contributed by atoms with Gasteiger partial charge in [-0.25, -0.2) is 0 Å². The molecule has 0 N–H and O–H groups in total. The van der Waals surface area contributed by atoms with Gasteiger partial charge in [0, 0.05) is 5.75 Å². The van der Waals surface area contributed by atoms with Crippen molar-refractivity contribution in [3.63, 3.8) is 0 Å². The smallest absolute Gasteiger partial charge is 0.237 e. The fraction of sp³-hybridized carbons (Fsp3) is 0.167. The predicted molar refractivity (Wildman–Crippen MR) is 120 cm³/mol. The van der Waals surface area contributed by atoms with Gasteiger partial charge >= 0.3 is 0 Å². The van der Waals surface area contributed by atoms with Crippen LogP contribution in [-0.4, -0.2) is 19.2 Å². The summed E-state index contributed by atoms with van der Waals surface area (Å²) in [6.45, 7) is 5.10. The Labute approximate surface area is 174 Å². The van der Waals surface area contributed by atoms with E-state index in [2.05, 4.69) is 106 Å². The molecule has 2 aromatic heterocycles. The van der Waals surface area contributed by atoms with E-state index in [0.29, 0.717) is 0 Å². The number of hydrogen-bond acceptors (Lipinski definition) is 3. The highest BCUT2D eigenvalue weighted by Crippen LogP contribution is 2.29. The van der Waals surface area contributed by atoms with E-state index in [1.54, 1.807) is 11.8 Å². The van der Waals surface area contributed by atoms with E-state index in [1.807, 2.05) is 0 Å². The van der Waals surface area contributed by atoms with Crippen LogP contribution >= 0.6 is 11.8 Å². The number of thioether (sulfide) groups is 1. The molecule has 0 atom stereocenters. The van der Waals surface area contributed by atoms with Crippen LogP contribution in [0.2, 0.25) is 0 Å². The summed E-state index contributed by atoms with van der Waals surface area (Å²) < 4.78 is 4.46. The standard InChI is InChI=1S/C24H22N4S/c1-17-9-3-5-11-19(17)15-27-21-13-7-8-14-22(21)28-23(27)25-26-24(28)29-16-20-12-6-4-10-18(20)2/h3-14H,15-16H2,1-2H3. The first kappa shape index (κ1) is 18.0. The van der Waals surface area contributed by atoms with Gasteiger partial charge in [0.15, 0.2) is 5.16 Å². The monoisotopic (exact) mass is 398 g/mol. The average molecular weight is 399 g/mol. The van der Waals surface area contributed by atoms with E-state index in [9.17, 15) is 0 Å². The van der Waals surface area contributed by atoms with Crippen molar-refractivity contribution in [1.29, 1.82) is 0 Å². The Morgan fingerprint density at radius 3 is 2.07 bits per heavy atom. The molecule has 5 rings (SSSR count). The summed E-state index contributed by atoms with van der Waals surface area (Å²) in [5.41, 5.74) is 7.55. The van der Waals surface area contributed by atoms with Crippen LogP contribution in [0.3, 0.4) is 0 Å². The van der Waals surface area contributed by atoms with Crippen molar-refractivity contribution >= 4 is 28.6 Å². The first-order valence-electron chi connectivity index (χ1n) is 9.76. The highest BCUT2D eigenvalue weighted by Gasteiger charge is 2.17. The van der Waals surface area contributed by atoms with Crippen molar-refractivity contribution in [3.8, 4) is 0 Å². The summed E-state index contributed by atoms with van der Waals surface area (Å²) in [6.07, 6.45) is 0. The Morgan fingerprint density at radius 2 is 1.34 bits per heavy atom. The maximum absolute atomic E-state index is 4.57. The van der Waals surface area contributed by atoms with E-state index in [0.717, 1.165) is 28.7 Å². The first-order chi connectivity index (χ1) is 14.2. The molecule has 2 heterocycles. The number of benzene rings is 3. The molecule has 0 spiro atoms. The largest absolute Gasteiger partial charge is 0.304 e. The van der Waals surface area contributed by atoms with Crippen molar-refractivity contribution in [2.75, 3.05) is 0 Å². The third-order valence-electron chi connectivity index (χ3n) is 5.48. The number of rotatable bonds is 5. The van der Waals surface area contributed by atoms with Crippen molar-refractivity contribution in [2.24, 2.45) is 0 Å². The number of hydrogen-bond donors (Lipinski definition) is 0. The summed E-state index contributed by atoms with van der Waals surface area (Å²) in [7, 11) is 0. The van der Waals surface area contributed by atoms with E-state index in [-0.39, 0.29) is 0 Å².